The Hall–Kier alpha value is -1.65. The van der Waals surface area contributed by atoms with Gasteiger partial charge < -0.3 is 9.84 Å². The van der Waals surface area contributed by atoms with E-state index in [1.54, 1.807) is 0 Å². The quantitative estimate of drug-likeness (QED) is 0.904. The summed E-state index contributed by atoms with van der Waals surface area (Å²) < 4.78 is 31.9. The minimum Gasteiger partial charge on any atom is -0.493 e. The fourth-order valence-corrected chi connectivity index (χ4v) is 2.70. The molecule has 0 unspecified atom stereocenters. The molecule has 0 radical (unpaired) electrons. The number of carboxylic acids is 1. The van der Waals surface area contributed by atoms with Crippen LogP contribution in [0.4, 0.5) is 8.78 Å². The van der Waals surface area contributed by atoms with Gasteiger partial charge in [-0.2, -0.15) is 0 Å². The number of hydrogen-bond acceptors (Lipinski definition) is 2. The van der Waals surface area contributed by atoms with Crippen molar-refractivity contribution in [2.45, 2.75) is 31.1 Å². The van der Waals surface area contributed by atoms with Gasteiger partial charge in [-0.15, -0.1) is 0 Å². The van der Waals surface area contributed by atoms with Gasteiger partial charge in [0.15, 0.2) is 11.6 Å². The molecule has 0 amide bonds. The Labute approximate surface area is 103 Å². The van der Waals surface area contributed by atoms with E-state index in [2.05, 4.69) is 0 Å². The maximum atomic E-state index is 13.6. The summed E-state index contributed by atoms with van der Waals surface area (Å²) in [6.45, 7) is 0. The molecule has 0 aliphatic heterocycles. The maximum Gasteiger partial charge on any atom is 0.314 e. The second-order valence-electron chi connectivity index (χ2n) is 4.56. The molecule has 98 valence electrons. The van der Waals surface area contributed by atoms with Crippen molar-refractivity contribution in [3.63, 3.8) is 0 Å². The summed E-state index contributed by atoms with van der Waals surface area (Å²) in [4.78, 5) is 11.5. The average molecular weight is 256 g/mol. The third-order valence-corrected chi connectivity index (χ3v) is 3.59. The van der Waals surface area contributed by atoms with E-state index < -0.39 is 23.0 Å². The third kappa shape index (κ3) is 1.83. The maximum absolute atomic E-state index is 13.6. The highest BCUT2D eigenvalue weighted by Crippen LogP contribution is 2.45. The summed E-state index contributed by atoms with van der Waals surface area (Å²) >= 11 is 0. The van der Waals surface area contributed by atoms with E-state index in [1.807, 2.05) is 0 Å². The van der Waals surface area contributed by atoms with Crippen LogP contribution in [0.25, 0.3) is 0 Å². The van der Waals surface area contributed by atoms with Crippen molar-refractivity contribution in [1.82, 2.24) is 0 Å². The number of aliphatic carboxylic acids is 1. The van der Waals surface area contributed by atoms with Crippen molar-refractivity contribution >= 4 is 5.97 Å². The van der Waals surface area contributed by atoms with Crippen molar-refractivity contribution in [3.8, 4) is 5.75 Å². The van der Waals surface area contributed by atoms with E-state index in [-0.39, 0.29) is 11.3 Å². The summed E-state index contributed by atoms with van der Waals surface area (Å²) in [5, 5.41) is 9.42. The van der Waals surface area contributed by atoms with Gasteiger partial charge in [-0.05, 0) is 18.9 Å². The largest absolute Gasteiger partial charge is 0.493 e. The topological polar surface area (TPSA) is 46.5 Å². The van der Waals surface area contributed by atoms with Gasteiger partial charge >= 0.3 is 5.97 Å². The van der Waals surface area contributed by atoms with Gasteiger partial charge in [-0.25, -0.2) is 8.78 Å². The average Bonchev–Trinajstić information content (AvgIpc) is 2.78. The lowest BCUT2D eigenvalue weighted by Gasteiger charge is -2.26. The zero-order valence-corrected chi connectivity index (χ0v) is 10.0. The molecule has 1 aliphatic rings. The summed E-state index contributed by atoms with van der Waals surface area (Å²) in [6, 6.07) is 1.77. The van der Waals surface area contributed by atoms with Gasteiger partial charge in [0, 0.05) is 11.6 Å². The molecule has 1 fully saturated rings. The molecule has 0 aromatic heterocycles. The Morgan fingerprint density at radius 3 is 2.44 bits per heavy atom. The van der Waals surface area contributed by atoms with Crippen LogP contribution in [0.2, 0.25) is 0 Å². The number of methoxy groups -OCH3 is 1. The lowest BCUT2D eigenvalue weighted by Crippen LogP contribution is -2.33. The molecule has 2 rings (SSSR count). The molecule has 0 spiro atoms. The van der Waals surface area contributed by atoms with Crippen molar-refractivity contribution in [3.05, 3.63) is 29.3 Å². The van der Waals surface area contributed by atoms with E-state index in [1.165, 1.54) is 7.11 Å². The summed E-state index contributed by atoms with van der Waals surface area (Å²) in [5.74, 6) is -2.86. The Bertz CT molecular complexity index is 479. The highest BCUT2D eigenvalue weighted by Gasteiger charge is 2.45. The van der Waals surface area contributed by atoms with Crippen LogP contribution < -0.4 is 4.74 Å². The Kier molecular flexibility index (Phi) is 3.24. The van der Waals surface area contributed by atoms with Crippen molar-refractivity contribution in [1.29, 1.82) is 0 Å². The predicted octanol–water partition coefficient (Wildman–Crippen LogP) is 2.87. The molecular weight excluding hydrogens is 242 g/mol. The van der Waals surface area contributed by atoms with Crippen molar-refractivity contribution in [2.75, 3.05) is 7.11 Å². The molecule has 0 bridgehead atoms. The highest BCUT2D eigenvalue weighted by molar-refractivity contribution is 5.83. The fraction of sp³-hybridized carbons (Fsp3) is 0.462. The first-order chi connectivity index (χ1) is 8.51. The lowest BCUT2D eigenvalue weighted by atomic mass is 9.78. The SMILES string of the molecule is COc1c(F)cc(F)cc1C1(C(=O)O)CCCC1. The van der Waals surface area contributed by atoms with Crippen LogP contribution in [-0.2, 0) is 10.2 Å². The molecule has 1 aromatic rings. The van der Waals surface area contributed by atoms with Gasteiger partial charge in [0.25, 0.3) is 0 Å². The summed E-state index contributed by atoms with van der Waals surface area (Å²) in [5.41, 5.74) is -1.12. The van der Waals surface area contributed by atoms with Gasteiger partial charge in [0.1, 0.15) is 5.82 Å². The van der Waals surface area contributed by atoms with Crippen LogP contribution in [-0.4, -0.2) is 18.2 Å². The van der Waals surface area contributed by atoms with E-state index in [9.17, 15) is 18.7 Å². The number of hydrogen-bond donors (Lipinski definition) is 1. The van der Waals surface area contributed by atoms with Gasteiger partial charge in [0.2, 0.25) is 0 Å². The lowest BCUT2D eigenvalue weighted by molar-refractivity contribution is -0.143. The van der Waals surface area contributed by atoms with Gasteiger partial charge in [0.05, 0.1) is 12.5 Å². The minimum absolute atomic E-state index is 0.104. The van der Waals surface area contributed by atoms with E-state index >= 15 is 0 Å². The molecule has 0 saturated heterocycles. The van der Waals surface area contributed by atoms with Crippen LogP contribution in [0, 0.1) is 11.6 Å². The van der Waals surface area contributed by atoms with Crippen LogP contribution in [0.5, 0.6) is 5.75 Å². The molecule has 1 aromatic carbocycles. The molecule has 1 aliphatic carbocycles. The Morgan fingerprint density at radius 1 is 1.33 bits per heavy atom. The number of ether oxygens (including phenoxy) is 1. The second kappa shape index (κ2) is 4.55. The normalized spacial score (nSPS) is 17.7. The van der Waals surface area contributed by atoms with Gasteiger partial charge in [-0.3, -0.25) is 4.79 Å². The molecule has 0 atom stereocenters. The summed E-state index contributed by atoms with van der Waals surface area (Å²) in [6.07, 6.45) is 2.21. The molecule has 1 N–H and O–H groups in total. The van der Waals surface area contributed by atoms with Crippen LogP contribution in [0.1, 0.15) is 31.2 Å². The summed E-state index contributed by atoms with van der Waals surface area (Å²) in [7, 11) is 1.25. The molecule has 3 nitrogen and oxygen atoms in total. The standard InChI is InChI=1S/C13H14F2O3/c1-18-11-9(6-8(14)7-10(11)15)13(12(16)17)4-2-3-5-13/h6-7H,2-5H2,1H3,(H,16,17). The first-order valence-corrected chi connectivity index (χ1v) is 5.78. The van der Waals surface area contributed by atoms with E-state index in [0.29, 0.717) is 18.9 Å². The van der Waals surface area contributed by atoms with E-state index in [0.717, 1.165) is 18.9 Å². The molecule has 1 saturated carbocycles. The number of benzene rings is 1. The minimum atomic E-state index is -1.23. The van der Waals surface area contributed by atoms with Crippen LogP contribution in [0.15, 0.2) is 12.1 Å². The third-order valence-electron chi connectivity index (χ3n) is 3.59. The molecule has 0 heterocycles. The van der Waals surface area contributed by atoms with Crippen molar-refractivity contribution < 1.29 is 23.4 Å². The fourth-order valence-electron chi connectivity index (χ4n) is 2.70. The second-order valence-corrected chi connectivity index (χ2v) is 4.56. The predicted molar refractivity (Wildman–Crippen MR) is 60.7 cm³/mol. The first kappa shape index (κ1) is 12.8. The molecule has 18 heavy (non-hydrogen) atoms. The van der Waals surface area contributed by atoms with Gasteiger partial charge in [-0.1, -0.05) is 12.8 Å². The monoisotopic (exact) mass is 256 g/mol. The van der Waals surface area contributed by atoms with Crippen LogP contribution in [0.3, 0.4) is 0 Å². The first-order valence-electron chi connectivity index (χ1n) is 5.78. The Balaban J connectivity index is 2.64. The number of carbonyl (C=O) groups is 1. The number of halogens is 2. The molecule has 5 heteroatoms. The zero-order valence-electron chi connectivity index (χ0n) is 10.0. The van der Waals surface area contributed by atoms with Crippen molar-refractivity contribution in [2.24, 2.45) is 0 Å². The zero-order chi connectivity index (χ0) is 13.3. The number of rotatable bonds is 3. The van der Waals surface area contributed by atoms with E-state index in [4.69, 9.17) is 4.74 Å². The number of carboxylic acid groups (broad SMARTS) is 1. The van der Waals surface area contributed by atoms with Crippen LogP contribution >= 0.6 is 0 Å². The highest BCUT2D eigenvalue weighted by atomic mass is 19.1. The Morgan fingerprint density at radius 2 is 1.94 bits per heavy atom. The smallest absolute Gasteiger partial charge is 0.314 e. The molecular formula is C13H14F2O3.